The molecule has 1 heterocycles. The zero-order valence-corrected chi connectivity index (χ0v) is 10.4. The van der Waals surface area contributed by atoms with Gasteiger partial charge in [0.15, 0.2) is 5.75 Å². The highest BCUT2D eigenvalue weighted by atomic mass is 16.5. The van der Waals surface area contributed by atoms with Gasteiger partial charge in [-0.15, -0.1) is 0 Å². The molecule has 0 aliphatic carbocycles. The minimum Gasteiger partial charge on any atom is -0.494 e. The Kier molecular flexibility index (Phi) is 5.61. The molecule has 90 valence electrons. The van der Waals surface area contributed by atoms with Gasteiger partial charge in [0.25, 0.3) is 0 Å². The zero-order valence-electron chi connectivity index (χ0n) is 10.4. The number of aromatic nitrogens is 2. The van der Waals surface area contributed by atoms with Crippen LogP contribution in [-0.2, 0) is 0 Å². The number of unbranched alkanes of at least 4 members (excludes halogenated alkanes) is 1. The average molecular weight is 223 g/mol. The third kappa shape index (κ3) is 4.96. The van der Waals surface area contributed by atoms with Crippen LogP contribution in [0, 0.1) is 5.92 Å². The van der Waals surface area contributed by atoms with Crippen LogP contribution in [0.2, 0.25) is 0 Å². The zero-order chi connectivity index (χ0) is 11.8. The molecule has 1 N–H and O–H groups in total. The van der Waals surface area contributed by atoms with Crippen LogP contribution in [0.25, 0.3) is 0 Å². The molecule has 0 aliphatic heterocycles. The molecule has 0 unspecified atom stereocenters. The van der Waals surface area contributed by atoms with Crippen molar-refractivity contribution in [2.24, 2.45) is 5.92 Å². The summed E-state index contributed by atoms with van der Waals surface area (Å²) in [5.41, 5.74) is 0. The average Bonchev–Trinajstić information content (AvgIpc) is 2.29. The van der Waals surface area contributed by atoms with Crippen LogP contribution < -0.4 is 10.1 Å². The fourth-order valence-corrected chi connectivity index (χ4v) is 1.39. The van der Waals surface area contributed by atoms with Gasteiger partial charge >= 0.3 is 0 Å². The molecule has 4 heteroatoms. The molecule has 0 radical (unpaired) electrons. The van der Waals surface area contributed by atoms with E-state index >= 15 is 0 Å². The molecule has 0 saturated heterocycles. The van der Waals surface area contributed by atoms with Gasteiger partial charge in [-0.2, -0.15) is 0 Å². The van der Waals surface area contributed by atoms with E-state index in [4.69, 9.17) is 4.74 Å². The molecule has 0 amide bonds. The summed E-state index contributed by atoms with van der Waals surface area (Å²) in [7, 11) is 1.61. The number of rotatable bonds is 7. The summed E-state index contributed by atoms with van der Waals surface area (Å²) in [6, 6.07) is 0. The molecule has 0 spiro atoms. The Morgan fingerprint density at radius 2 is 1.94 bits per heavy atom. The quantitative estimate of drug-likeness (QED) is 0.722. The van der Waals surface area contributed by atoms with E-state index < -0.39 is 0 Å². The number of anilines is 1. The summed E-state index contributed by atoms with van der Waals surface area (Å²) in [5, 5.41) is 3.19. The van der Waals surface area contributed by atoms with Crippen molar-refractivity contribution < 1.29 is 4.74 Å². The smallest absolute Gasteiger partial charge is 0.222 e. The topological polar surface area (TPSA) is 47.0 Å². The second-order valence-corrected chi connectivity index (χ2v) is 4.26. The van der Waals surface area contributed by atoms with Gasteiger partial charge in [-0.3, -0.25) is 0 Å². The Bertz CT molecular complexity index is 285. The van der Waals surface area contributed by atoms with E-state index in [-0.39, 0.29) is 0 Å². The first-order chi connectivity index (χ1) is 7.72. The summed E-state index contributed by atoms with van der Waals surface area (Å²) in [6.07, 6.45) is 7.03. The maximum Gasteiger partial charge on any atom is 0.222 e. The van der Waals surface area contributed by atoms with Crippen molar-refractivity contribution in [2.75, 3.05) is 19.0 Å². The van der Waals surface area contributed by atoms with E-state index in [0.717, 1.165) is 18.9 Å². The first kappa shape index (κ1) is 12.7. The van der Waals surface area contributed by atoms with Gasteiger partial charge in [-0.05, 0) is 12.3 Å². The molecule has 1 rings (SSSR count). The third-order valence-corrected chi connectivity index (χ3v) is 2.36. The molecular formula is C12H21N3O. The van der Waals surface area contributed by atoms with E-state index in [1.165, 1.54) is 12.8 Å². The molecule has 0 bridgehead atoms. The van der Waals surface area contributed by atoms with Crippen LogP contribution in [0.5, 0.6) is 5.75 Å². The van der Waals surface area contributed by atoms with Crippen LogP contribution in [0.3, 0.4) is 0 Å². The van der Waals surface area contributed by atoms with Crippen molar-refractivity contribution in [1.82, 2.24) is 9.97 Å². The Morgan fingerprint density at radius 3 is 2.50 bits per heavy atom. The second kappa shape index (κ2) is 7.04. The van der Waals surface area contributed by atoms with E-state index in [0.29, 0.717) is 11.7 Å². The summed E-state index contributed by atoms with van der Waals surface area (Å²) in [5.74, 6) is 2.15. The highest BCUT2D eigenvalue weighted by Crippen LogP contribution is 2.08. The van der Waals surface area contributed by atoms with Crippen LogP contribution in [0.15, 0.2) is 12.4 Å². The Labute approximate surface area is 97.5 Å². The highest BCUT2D eigenvalue weighted by Gasteiger charge is 1.97. The first-order valence-corrected chi connectivity index (χ1v) is 5.82. The minimum absolute atomic E-state index is 0.672. The van der Waals surface area contributed by atoms with E-state index in [1.54, 1.807) is 19.5 Å². The van der Waals surface area contributed by atoms with E-state index in [9.17, 15) is 0 Å². The lowest BCUT2D eigenvalue weighted by atomic mass is 10.1. The summed E-state index contributed by atoms with van der Waals surface area (Å²) in [4.78, 5) is 8.27. The summed E-state index contributed by atoms with van der Waals surface area (Å²) in [6.45, 7) is 5.43. The highest BCUT2D eigenvalue weighted by molar-refractivity contribution is 5.26. The number of ether oxygens (including phenoxy) is 1. The standard InChI is InChI=1S/C12H21N3O/c1-10(2)6-4-5-7-13-12-14-8-11(16-3)9-15-12/h8-10H,4-7H2,1-3H3,(H,13,14,15). The fraction of sp³-hybridized carbons (Fsp3) is 0.667. The van der Waals surface area contributed by atoms with Crippen LogP contribution >= 0.6 is 0 Å². The van der Waals surface area contributed by atoms with Crippen LogP contribution in [-0.4, -0.2) is 23.6 Å². The minimum atomic E-state index is 0.672. The van der Waals surface area contributed by atoms with Gasteiger partial charge in [0.1, 0.15) is 0 Å². The second-order valence-electron chi connectivity index (χ2n) is 4.26. The number of nitrogens with one attached hydrogen (secondary N) is 1. The Morgan fingerprint density at radius 1 is 1.25 bits per heavy atom. The lowest BCUT2D eigenvalue weighted by Gasteiger charge is -2.06. The third-order valence-electron chi connectivity index (χ3n) is 2.36. The Balaban J connectivity index is 2.16. The lowest BCUT2D eigenvalue weighted by Crippen LogP contribution is -2.05. The number of methoxy groups -OCH3 is 1. The SMILES string of the molecule is COc1cnc(NCCCCC(C)C)nc1. The van der Waals surface area contributed by atoms with Crippen molar-refractivity contribution in [3.05, 3.63) is 12.4 Å². The van der Waals surface area contributed by atoms with Crippen molar-refractivity contribution in [2.45, 2.75) is 33.1 Å². The molecule has 0 saturated carbocycles. The predicted octanol–water partition coefficient (Wildman–Crippen LogP) is 2.72. The largest absolute Gasteiger partial charge is 0.494 e. The number of nitrogens with zero attached hydrogens (tertiary/aromatic N) is 2. The molecule has 1 aromatic rings. The molecule has 4 nitrogen and oxygen atoms in total. The van der Waals surface area contributed by atoms with E-state index in [2.05, 4.69) is 29.1 Å². The summed E-state index contributed by atoms with van der Waals surface area (Å²) >= 11 is 0. The van der Waals surface area contributed by atoms with Crippen molar-refractivity contribution in [3.63, 3.8) is 0 Å². The lowest BCUT2D eigenvalue weighted by molar-refractivity contribution is 0.411. The van der Waals surface area contributed by atoms with Crippen LogP contribution in [0.1, 0.15) is 33.1 Å². The molecule has 0 aliphatic rings. The van der Waals surface area contributed by atoms with Gasteiger partial charge in [0, 0.05) is 6.54 Å². The van der Waals surface area contributed by atoms with Crippen molar-refractivity contribution in [3.8, 4) is 5.75 Å². The van der Waals surface area contributed by atoms with Crippen molar-refractivity contribution >= 4 is 5.95 Å². The molecule has 0 aromatic carbocycles. The molecule has 0 fully saturated rings. The molecular weight excluding hydrogens is 202 g/mol. The molecule has 16 heavy (non-hydrogen) atoms. The maximum absolute atomic E-state index is 4.99. The number of hydrogen-bond acceptors (Lipinski definition) is 4. The van der Waals surface area contributed by atoms with Gasteiger partial charge < -0.3 is 10.1 Å². The monoisotopic (exact) mass is 223 g/mol. The Hall–Kier alpha value is -1.32. The molecule has 0 atom stereocenters. The fourth-order valence-electron chi connectivity index (χ4n) is 1.39. The van der Waals surface area contributed by atoms with E-state index in [1.807, 2.05) is 0 Å². The predicted molar refractivity (Wildman–Crippen MR) is 65.8 cm³/mol. The van der Waals surface area contributed by atoms with Gasteiger partial charge in [0.05, 0.1) is 19.5 Å². The molecule has 1 aromatic heterocycles. The number of hydrogen-bond donors (Lipinski definition) is 1. The first-order valence-electron chi connectivity index (χ1n) is 5.82. The van der Waals surface area contributed by atoms with Gasteiger partial charge in [-0.1, -0.05) is 26.7 Å². The van der Waals surface area contributed by atoms with Gasteiger partial charge in [-0.25, -0.2) is 9.97 Å². The maximum atomic E-state index is 4.99. The van der Waals surface area contributed by atoms with Crippen molar-refractivity contribution in [1.29, 1.82) is 0 Å². The normalized spacial score (nSPS) is 10.5. The summed E-state index contributed by atoms with van der Waals surface area (Å²) < 4.78 is 4.99. The van der Waals surface area contributed by atoms with Gasteiger partial charge in [0.2, 0.25) is 5.95 Å². The van der Waals surface area contributed by atoms with Crippen LogP contribution in [0.4, 0.5) is 5.95 Å².